The average molecular weight is 569 g/mol. The molecule has 0 amide bonds. The van der Waals surface area contributed by atoms with Crippen molar-refractivity contribution in [3.8, 4) is 34.5 Å². The Bertz CT molecular complexity index is 1770. The summed E-state index contributed by atoms with van der Waals surface area (Å²) in [6.45, 7) is 7.73. The van der Waals surface area contributed by atoms with Crippen LogP contribution in [0.4, 0.5) is 0 Å². The molecule has 0 fully saturated rings. The summed E-state index contributed by atoms with van der Waals surface area (Å²) in [5.41, 5.74) is 1.46. The number of rotatable bonds is 3. The molecule has 0 saturated heterocycles. The van der Waals surface area contributed by atoms with Crippen LogP contribution in [0.25, 0.3) is 5.57 Å². The van der Waals surface area contributed by atoms with Crippen molar-refractivity contribution in [2.75, 3.05) is 0 Å². The van der Waals surface area contributed by atoms with Crippen LogP contribution in [0, 0.1) is 6.92 Å². The maximum Gasteiger partial charge on any atom is 0.318 e. The Kier molecular flexibility index (Phi) is 5.39. The molecular formula is C34H32O8. The zero-order chi connectivity index (χ0) is 29.8. The molecule has 0 saturated carbocycles. The molecule has 8 heteroatoms. The molecule has 4 unspecified atom stereocenters. The van der Waals surface area contributed by atoms with Crippen LogP contribution in [0.5, 0.6) is 34.5 Å². The van der Waals surface area contributed by atoms with Crippen molar-refractivity contribution in [1.29, 1.82) is 0 Å². The number of ketones is 1. The second kappa shape index (κ2) is 8.55. The van der Waals surface area contributed by atoms with Gasteiger partial charge in [-0.3, -0.25) is 4.79 Å². The molecule has 4 aliphatic rings. The van der Waals surface area contributed by atoms with Crippen molar-refractivity contribution in [2.45, 2.75) is 69.9 Å². The number of aliphatic hydroxyl groups is 1. The Morgan fingerprint density at radius 1 is 0.976 bits per heavy atom. The second-order valence-electron chi connectivity index (χ2n) is 12.4. The van der Waals surface area contributed by atoms with Gasteiger partial charge in [0.05, 0.1) is 5.56 Å². The van der Waals surface area contributed by atoms with E-state index < -0.39 is 28.5 Å². The van der Waals surface area contributed by atoms with E-state index in [1.165, 1.54) is 18.2 Å². The predicted octanol–water partition coefficient (Wildman–Crippen LogP) is 6.13. The van der Waals surface area contributed by atoms with Crippen LogP contribution in [0.3, 0.4) is 0 Å². The minimum Gasteiger partial charge on any atom is -0.508 e. The molecule has 4 N–H and O–H groups in total. The maximum atomic E-state index is 14.2. The van der Waals surface area contributed by atoms with Gasteiger partial charge in [0.2, 0.25) is 11.4 Å². The van der Waals surface area contributed by atoms with Crippen molar-refractivity contribution >= 4 is 11.4 Å². The third kappa shape index (κ3) is 3.54. The second-order valence-corrected chi connectivity index (χ2v) is 12.4. The number of phenols is 3. The number of hydrogen-bond donors (Lipinski definition) is 4. The van der Waals surface area contributed by atoms with Crippen molar-refractivity contribution in [2.24, 2.45) is 0 Å². The lowest BCUT2D eigenvalue weighted by Crippen LogP contribution is -2.62. The maximum absolute atomic E-state index is 14.2. The van der Waals surface area contributed by atoms with Gasteiger partial charge in [-0.1, -0.05) is 23.8 Å². The third-order valence-corrected chi connectivity index (χ3v) is 8.94. The molecule has 1 aliphatic carbocycles. The summed E-state index contributed by atoms with van der Waals surface area (Å²) in [5, 5.41) is 45.1. The molecule has 42 heavy (non-hydrogen) atoms. The molecule has 0 spiro atoms. The number of benzene rings is 3. The van der Waals surface area contributed by atoms with Crippen molar-refractivity contribution in [3.05, 3.63) is 88.0 Å². The quantitative estimate of drug-likeness (QED) is 0.278. The number of allylic oxidation sites excluding steroid dienone is 2. The van der Waals surface area contributed by atoms with E-state index in [0.29, 0.717) is 17.6 Å². The van der Waals surface area contributed by atoms with Crippen LogP contribution in [-0.2, 0) is 5.60 Å². The minimum atomic E-state index is -2.54. The van der Waals surface area contributed by atoms with Crippen LogP contribution in [0.15, 0.2) is 60.2 Å². The van der Waals surface area contributed by atoms with Gasteiger partial charge >= 0.3 is 5.79 Å². The van der Waals surface area contributed by atoms with Gasteiger partial charge in [0.15, 0.2) is 0 Å². The molecule has 0 radical (unpaired) electrons. The Balaban J connectivity index is 1.37. The molecular weight excluding hydrogens is 536 g/mol. The van der Waals surface area contributed by atoms with Gasteiger partial charge in [0.25, 0.3) is 0 Å². The summed E-state index contributed by atoms with van der Waals surface area (Å²) in [7, 11) is 0. The number of ether oxygens (including phenoxy) is 3. The van der Waals surface area contributed by atoms with Crippen LogP contribution in [0.2, 0.25) is 0 Å². The number of aryl methyl sites for hydroxylation is 1. The van der Waals surface area contributed by atoms with Crippen LogP contribution in [0.1, 0.15) is 78.6 Å². The first-order valence-corrected chi connectivity index (χ1v) is 14.1. The first-order chi connectivity index (χ1) is 19.8. The van der Waals surface area contributed by atoms with Crippen molar-refractivity contribution in [3.63, 3.8) is 0 Å². The van der Waals surface area contributed by atoms with E-state index in [2.05, 4.69) is 6.07 Å². The largest absolute Gasteiger partial charge is 0.508 e. The number of Topliss-reactive ketones (excluding diaryl/α,β-unsaturated/α-hetero) is 1. The minimum absolute atomic E-state index is 0.0550. The summed E-state index contributed by atoms with van der Waals surface area (Å²) < 4.78 is 18.7. The fourth-order valence-corrected chi connectivity index (χ4v) is 7.05. The zero-order valence-electron chi connectivity index (χ0n) is 23.8. The SMILES string of the molecule is CC(C)=CCC12Oc3cc(O)c(C4=CC5(C)CC(C4)c4ccc(C)cc4O5)c(O)c3C(=O)C1(O)Oc1cc(O)ccc12. The molecule has 0 aromatic heterocycles. The lowest BCUT2D eigenvalue weighted by Gasteiger charge is -2.44. The van der Waals surface area contributed by atoms with E-state index in [0.717, 1.165) is 28.9 Å². The van der Waals surface area contributed by atoms with Gasteiger partial charge in [0.1, 0.15) is 45.7 Å². The lowest BCUT2D eigenvalue weighted by molar-refractivity contribution is -0.201. The van der Waals surface area contributed by atoms with Gasteiger partial charge < -0.3 is 34.6 Å². The van der Waals surface area contributed by atoms with E-state index >= 15 is 0 Å². The number of fused-ring (bicyclic) bond motifs is 8. The highest BCUT2D eigenvalue weighted by Gasteiger charge is 2.69. The van der Waals surface area contributed by atoms with E-state index in [1.807, 2.05) is 52.0 Å². The molecule has 3 aromatic carbocycles. The predicted molar refractivity (Wildman–Crippen MR) is 154 cm³/mol. The summed E-state index contributed by atoms with van der Waals surface area (Å²) in [5.74, 6) is -3.40. The van der Waals surface area contributed by atoms with Crippen molar-refractivity contribution in [1.82, 2.24) is 0 Å². The Morgan fingerprint density at radius 2 is 1.76 bits per heavy atom. The highest BCUT2D eigenvalue weighted by atomic mass is 16.7. The number of carbonyl (C=O) groups excluding carboxylic acids is 1. The Labute approximate surface area is 243 Å². The van der Waals surface area contributed by atoms with Crippen molar-refractivity contribution < 1.29 is 39.4 Å². The molecule has 2 bridgehead atoms. The number of aromatic hydroxyl groups is 3. The molecule has 7 rings (SSSR count). The summed E-state index contributed by atoms with van der Waals surface area (Å²) in [4.78, 5) is 14.2. The van der Waals surface area contributed by atoms with Crippen LogP contribution < -0.4 is 14.2 Å². The number of phenolic OH excluding ortho intramolecular Hbond substituents is 3. The summed E-state index contributed by atoms with van der Waals surface area (Å²) in [6, 6.07) is 11.7. The van der Waals surface area contributed by atoms with E-state index in [1.54, 1.807) is 6.07 Å². The Morgan fingerprint density at radius 3 is 2.52 bits per heavy atom. The molecule has 216 valence electrons. The molecule has 3 aromatic rings. The van der Waals surface area contributed by atoms with Crippen LogP contribution in [-0.4, -0.2) is 37.6 Å². The smallest absolute Gasteiger partial charge is 0.318 e. The summed E-state index contributed by atoms with van der Waals surface area (Å²) in [6.07, 6.45) is 4.99. The lowest BCUT2D eigenvalue weighted by atomic mass is 9.72. The molecule has 4 atom stereocenters. The first-order valence-electron chi connectivity index (χ1n) is 14.1. The summed E-state index contributed by atoms with van der Waals surface area (Å²) >= 11 is 0. The normalized spacial score (nSPS) is 28.2. The number of hydrogen-bond acceptors (Lipinski definition) is 8. The van der Waals surface area contributed by atoms with Gasteiger partial charge in [0, 0.05) is 24.1 Å². The van der Waals surface area contributed by atoms with E-state index in [-0.39, 0.29) is 46.5 Å². The molecule has 8 nitrogen and oxygen atoms in total. The standard InChI is InChI=1S/C34H32O8/c1-17(2)9-10-33-23-8-6-21(35)13-26(23)42-34(33,39)31(38)29-27(41-33)14-24(36)28(30(29)37)20-12-19-15-32(4,16-20)40-25-11-18(3)5-7-22(19)25/h5-9,11,13-14,16,19,35-37,39H,10,12,15H2,1-4H3. The highest BCUT2D eigenvalue weighted by molar-refractivity contribution is 6.10. The third-order valence-electron chi connectivity index (χ3n) is 8.94. The van der Waals surface area contributed by atoms with Crippen LogP contribution >= 0.6 is 0 Å². The highest BCUT2D eigenvalue weighted by Crippen LogP contribution is 2.60. The fraction of sp³-hybridized carbons (Fsp3) is 0.324. The molecule has 3 aliphatic heterocycles. The van der Waals surface area contributed by atoms with E-state index in [4.69, 9.17) is 14.2 Å². The first kappa shape index (κ1) is 26.5. The van der Waals surface area contributed by atoms with E-state index in [9.17, 15) is 25.2 Å². The fourth-order valence-electron chi connectivity index (χ4n) is 7.05. The van der Waals surface area contributed by atoms with Gasteiger partial charge in [-0.05, 0) is 87.4 Å². The monoisotopic (exact) mass is 568 g/mol. The Hall–Kier alpha value is -4.43. The topological polar surface area (TPSA) is 126 Å². The van der Waals surface area contributed by atoms with Gasteiger partial charge in [-0.2, -0.15) is 0 Å². The molecule has 3 heterocycles. The average Bonchev–Trinajstić information content (AvgIpc) is 3.14. The van der Waals surface area contributed by atoms with Gasteiger partial charge in [-0.25, -0.2) is 0 Å². The number of carbonyl (C=O) groups is 1. The van der Waals surface area contributed by atoms with Gasteiger partial charge in [-0.15, -0.1) is 0 Å². The zero-order valence-corrected chi connectivity index (χ0v) is 23.8.